The molecule has 0 spiro atoms. The van der Waals surface area contributed by atoms with E-state index < -0.39 is 0 Å². The minimum Gasteiger partial charge on any atom is -0.490 e. The maximum absolute atomic E-state index is 12.1. The van der Waals surface area contributed by atoms with Crippen LogP contribution in [0.2, 0.25) is 0 Å². The van der Waals surface area contributed by atoms with Gasteiger partial charge in [0.15, 0.2) is 11.5 Å². The molecule has 0 aliphatic rings. The molecule has 0 aliphatic carbocycles. The van der Waals surface area contributed by atoms with E-state index in [9.17, 15) is 4.79 Å². The van der Waals surface area contributed by atoms with E-state index >= 15 is 0 Å². The summed E-state index contributed by atoms with van der Waals surface area (Å²) in [4.78, 5) is 16.7. The maximum Gasteiger partial charge on any atom is 0.243 e. The largest absolute Gasteiger partial charge is 0.490 e. The van der Waals surface area contributed by atoms with Crippen LogP contribution in [0, 0.1) is 0 Å². The molecule has 0 bridgehead atoms. The summed E-state index contributed by atoms with van der Waals surface area (Å²) >= 11 is 1.71. The van der Waals surface area contributed by atoms with Crippen LogP contribution in [-0.2, 0) is 11.2 Å². The molecule has 0 radical (unpaired) electrons. The average molecular weight is 411 g/mol. The second kappa shape index (κ2) is 10.6. The molecule has 152 valence electrons. The Morgan fingerprint density at radius 1 is 1.10 bits per heavy atom. The highest BCUT2D eigenvalue weighted by Crippen LogP contribution is 2.29. The smallest absolute Gasteiger partial charge is 0.243 e. The Labute approximate surface area is 175 Å². The number of benzene rings is 2. The van der Waals surface area contributed by atoms with E-state index in [1.807, 2.05) is 50.2 Å². The van der Waals surface area contributed by atoms with Crippen LogP contribution in [0.3, 0.4) is 0 Å². The number of ether oxygens (including phenoxy) is 2. The van der Waals surface area contributed by atoms with Crippen molar-refractivity contribution in [2.45, 2.75) is 26.7 Å². The minimum absolute atomic E-state index is 0.110. The Morgan fingerprint density at radius 3 is 2.69 bits per heavy atom. The van der Waals surface area contributed by atoms with Gasteiger partial charge in [-0.25, -0.2) is 4.98 Å². The molecule has 29 heavy (non-hydrogen) atoms. The highest BCUT2D eigenvalue weighted by Gasteiger charge is 2.06. The molecule has 5 nitrogen and oxygen atoms in total. The van der Waals surface area contributed by atoms with Crippen molar-refractivity contribution in [2.75, 3.05) is 19.8 Å². The topological polar surface area (TPSA) is 60.5 Å². The Hall–Kier alpha value is -2.86. The molecule has 3 rings (SSSR count). The van der Waals surface area contributed by atoms with Gasteiger partial charge < -0.3 is 14.8 Å². The molecule has 0 atom stereocenters. The Kier molecular flexibility index (Phi) is 7.64. The first kappa shape index (κ1) is 20.9. The quantitative estimate of drug-likeness (QED) is 0.383. The van der Waals surface area contributed by atoms with Crippen molar-refractivity contribution < 1.29 is 14.3 Å². The number of thiazole rings is 1. The molecule has 1 heterocycles. The van der Waals surface area contributed by atoms with E-state index in [0.717, 1.165) is 28.9 Å². The number of aryl methyl sites for hydroxylation is 1. The highest BCUT2D eigenvalue weighted by atomic mass is 32.1. The van der Waals surface area contributed by atoms with Gasteiger partial charge in [-0.2, -0.15) is 0 Å². The number of rotatable bonds is 10. The van der Waals surface area contributed by atoms with Crippen LogP contribution in [0.1, 0.15) is 30.8 Å². The Balaban J connectivity index is 1.47. The van der Waals surface area contributed by atoms with Gasteiger partial charge >= 0.3 is 0 Å². The Morgan fingerprint density at radius 2 is 1.90 bits per heavy atom. The summed E-state index contributed by atoms with van der Waals surface area (Å²) in [6.07, 6.45) is 5.04. The summed E-state index contributed by atoms with van der Waals surface area (Å²) in [7, 11) is 0. The molecule has 0 fully saturated rings. The van der Waals surface area contributed by atoms with Gasteiger partial charge in [-0.3, -0.25) is 4.79 Å². The molecule has 6 heteroatoms. The lowest BCUT2D eigenvalue weighted by Crippen LogP contribution is -2.22. The van der Waals surface area contributed by atoms with Crippen molar-refractivity contribution >= 4 is 33.5 Å². The third-order valence-electron chi connectivity index (χ3n) is 4.20. The normalized spacial score (nSPS) is 11.1. The number of hydrogen-bond acceptors (Lipinski definition) is 5. The summed E-state index contributed by atoms with van der Waals surface area (Å²) in [5.74, 6) is 1.29. The number of para-hydroxylation sites is 1. The molecule has 3 aromatic rings. The van der Waals surface area contributed by atoms with E-state index in [1.165, 1.54) is 4.70 Å². The first-order valence-corrected chi connectivity index (χ1v) is 10.7. The zero-order valence-corrected chi connectivity index (χ0v) is 17.6. The van der Waals surface area contributed by atoms with Crippen LogP contribution in [0.25, 0.3) is 16.3 Å². The van der Waals surface area contributed by atoms with Gasteiger partial charge in [0.25, 0.3) is 0 Å². The van der Waals surface area contributed by atoms with Crippen molar-refractivity contribution in [3.63, 3.8) is 0 Å². The van der Waals surface area contributed by atoms with E-state index in [0.29, 0.717) is 31.3 Å². The monoisotopic (exact) mass is 410 g/mol. The van der Waals surface area contributed by atoms with Gasteiger partial charge in [-0.15, -0.1) is 11.3 Å². The predicted molar refractivity (Wildman–Crippen MR) is 119 cm³/mol. The molecular formula is C23H26N2O3S. The molecule has 0 aliphatic heterocycles. The fourth-order valence-corrected chi connectivity index (χ4v) is 3.89. The number of hydrogen-bond donors (Lipinski definition) is 1. The maximum atomic E-state index is 12.1. The number of carbonyl (C=O) groups is 1. The van der Waals surface area contributed by atoms with Gasteiger partial charge in [0.05, 0.1) is 28.4 Å². The average Bonchev–Trinajstić information content (AvgIpc) is 3.14. The number of carbonyl (C=O) groups excluding carboxylic acids is 1. The summed E-state index contributed by atoms with van der Waals surface area (Å²) < 4.78 is 12.4. The van der Waals surface area contributed by atoms with Gasteiger partial charge in [0.1, 0.15) is 0 Å². The van der Waals surface area contributed by atoms with Crippen molar-refractivity contribution in [3.8, 4) is 11.5 Å². The van der Waals surface area contributed by atoms with E-state index in [-0.39, 0.29) is 5.91 Å². The predicted octanol–water partition coefficient (Wildman–Crippen LogP) is 4.86. The number of nitrogens with one attached hydrogen (secondary N) is 1. The van der Waals surface area contributed by atoms with Gasteiger partial charge in [-0.1, -0.05) is 18.2 Å². The number of nitrogens with zero attached hydrogens (tertiary/aromatic N) is 1. The van der Waals surface area contributed by atoms with Crippen molar-refractivity contribution in [3.05, 3.63) is 59.1 Å². The molecule has 0 saturated heterocycles. The second-order valence-electron chi connectivity index (χ2n) is 6.38. The van der Waals surface area contributed by atoms with E-state index in [4.69, 9.17) is 9.47 Å². The van der Waals surface area contributed by atoms with Gasteiger partial charge in [0.2, 0.25) is 5.91 Å². The van der Waals surface area contributed by atoms with Gasteiger partial charge in [0, 0.05) is 19.0 Å². The molecule has 1 N–H and O–H groups in total. The second-order valence-corrected chi connectivity index (χ2v) is 7.49. The van der Waals surface area contributed by atoms with Gasteiger partial charge in [-0.05, 0) is 56.2 Å². The first-order chi connectivity index (χ1) is 14.2. The van der Waals surface area contributed by atoms with Crippen molar-refractivity contribution in [1.29, 1.82) is 0 Å². The summed E-state index contributed by atoms with van der Waals surface area (Å²) in [5.41, 5.74) is 1.93. The third-order valence-corrected chi connectivity index (χ3v) is 5.30. The summed E-state index contributed by atoms with van der Waals surface area (Å²) in [6.45, 7) is 5.62. The molecule has 0 saturated carbocycles. The highest BCUT2D eigenvalue weighted by molar-refractivity contribution is 7.18. The number of amides is 1. The molecule has 1 aromatic heterocycles. The van der Waals surface area contributed by atoms with Crippen LogP contribution in [-0.4, -0.2) is 30.6 Å². The standard InChI is InChI=1S/C23H26N2O3S/c1-3-27-19-13-11-17(16-20(19)28-4-2)12-14-22(26)24-15-7-10-23-25-18-8-5-6-9-21(18)29-23/h5-6,8-9,11-14,16H,3-4,7,10,15H2,1-2H3,(H,24,26)/b14-12+. The molecule has 1 amide bonds. The number of fused-ring (bicyclic) bond motifs is 1. The zero-order valence-electron chi connectivity index (χ0n) is 16.8. The van der Waals surface area contributed by atoms with Crippen LogP contribution in [0.15, 0.2) is 48.5 Å². The summed E-state index contributed by atoms with van der Waals surface area (Å²) in [6, 6.07) is 13.8. The summed E-state index contributed by atoms with van der Waals surface area (Å²) in [5, 5.41) is 4.03. The first-order valence-electron chi connectivity index (χ1n) is 9.89. The van der Waals surface area contributed by atoms with Crippen LogP contribution in [0.5, 0.6) is 11.5 Å². The van der Waals surface area contributed by atoms with Crippen LogP contribution < -0.4 is 14.8 Å². The van der Waals surface area contributed by atoms with E-state index in [2.05, 4.69) is 16.4 Å². The fraction of sp³-hybridized carbons (Fsp3) is 0.304. The van der Waals surface area contributed by atoms with Crippen molar-refractivity contribution in [1.82, 2.24) is 10.3 Å². The van der Waals surface area contributed by atoms with E-state index in [1.54, 1.807) is 23.5 Å². The molecule has 2 aromatic carbocycles. The lowest BCUT2D eigenvalue weighted by molar-refractivity contribution is -0.116. The third kappa shape index (κ3) is 6.06. The lowest BCUT2D eigenvalue weighted by atomic mass is 10.2. The fourth-order valence-electron chi connectivity index (χ4n) is 2.88. The number of aromatic nitrogens is 1. The minimum atomic E-state index is -0.110. The van der Waals surface area contributed by atoms with Crippen LogP contribution in [0.4, 0.5) is 0 Å². The Bertz CT molecular complexity index is 948. The van der Waals surface area contributed by atoms with Crippen molar-refractivity contribution in [2.24, 2.45) is 0 Å². The lowest BCUT2D eigenvalue weighted by Gasteiger charge is -2.11. The molecular weight excluding hydrogens is 384 g/mol. The molecule has 0 unspecified atom stereocenters. The zero-order chi connectivity index (χ0) is 20.5. The SMILES string of the molecule is CCOc1ccc(/C=C/C(=O)NCCCc2nc3ccccc3s2)cc1OCC. The van der Waals surface area contributed by atoms with Crippen LogP contribution >= 0.6 is 11.3 Å².